The fourth-order valence-corrected chi connectivity index (χ4v) is 5.62. The van der Waals surface area contributed by atoms with Gasteiger partial charge in [-0.2, -0.15) is 5.10 Å². The molecule has 4 aromatic heterocycles. The second-order valence-electron chi connectivity index (χ2n) is 10.2. The minimum Gasteiger partial charge on any atom is -0.381 e. The second kappa shape index (κ2) is 10.1. The highest BCUT2D eigenvalue weighted by molar-refractivity contribution is 6.04. The first-order valence-corrected chi connectivity index (χ1v) is 13.7. The van der Waals surface area contributed by atoms with Gasteiger partial charge in [0.25, 0.3) is 11.5 Å². The zero-order chi connectivity index (χ0) is 28.8. The van der Waals surface area contributed by atoms with E-state index >= 15 is 0 Å². The number of fused-ring (bicyclic) bond motifs is 3. The molecule has 0 aliphatic carbocycles. The van der Waals surface area contributed by atoms with Crippen LogP contribution in [0.25, 0.3) is 22.1 Å². The molecule has 7 rings (SSSR count). The summed E-state index contributed by atoms with van der Waals surface area (Å²) in [6.45, 7) is 2.74. The van der Waals surface area contributed by atoms with Crippen molar-refractivity contribution in [1.82, 2.24) is 34.3 Å². The number of amides is 1. The average Bonchev–Trinajstić information content (AvgIpc) is 3.70. The predicted octanol–water partition coefficient (Wildman–Crippen LogP) is 3.65. The van der Waals surface area contributed by atoms with Crippen LogP contribution in [-0.2, 0) is 13.0 Å². The van der Waals surface area contributed by atoms with Crippen molar-refractivity contribution in [2.24, 2.45) is 0 Å². The highest BCUT2D eigenvalue weighted by Crippen LogP contribution is 2.25. The Morgan fingerprint density at radius 3 is 2.76 bits per heavy atom. The van der Waals surface area contributed by atoms with Crippen LogP contribution in [-0.4, -0.2) is 34.9 Å². The van der Waals surface area contributed by atoms with Crippen LogP contribution < -0.4 is 16.6 Å². The van der Waals surface area contributed by atoms with Crippen molar-refractivity contribution in [1.29, 1.82) is 0 Å². The number of carbonyl (C=O) groups excluding carboxylic acids is 1. The number of nitrogen functional groups attached to an aromatic ring is 1. The lowest BCUT2D eigenvalue weighted by Crippen LogP contribution is -2.32. The van der Waals surface area contributed by atoms with Crippen LogP contribution in [0.3, 0.4) is 0 Å². The summed E-state index contributed by atoms with van der Waals surface area (Å²) in [5.41, 5.74) is 10.3. The fourth-order valence-electron chi connectivity index (χ4n) is 5.62. The molecule has 0 saturated heterocycles. The lowest BCUT2D eigenvalue weighted by molar-refractivity contribution is 0.0941. The molecule has 42 heavy (non-hydrogen) atoms. The highest BCUT2D eigenvalue weighted by Gasteiger charge is 2.24. The van der Waals surface area contributed by atoms with Gasteiger partial charge in [-0.15, -0.1) is 5.10 Å². The topological polar surface area (TPSA) is 125 Å². The molecule has 206 valence electrons. The zero-order valence-electron chi connectivity index (χ0n) is 22.8. The van der Waals surface area contributed by atoms with E-state index in [0.717, 1.165) is 36.0 Å². The Kier molecular flexibility index (Phi) is 6.05. The summed E-state index contributed by atoms with van der Waals surface area (Å²) in [5, 5.41) is 12.9. The summed E-state index contributed by atoms with van der Waals surface area (Å²) in [4.78, 5) is 32.0. The number of aromatic nitrogens is 6. The lowest BCUT2D eigenvalue weighted by Gasteiger charge is -2.21. The van der Waals surface area contributed by atoms with Gasteiger partial charge in [0.2, 0.25) is 0 Å². The van der Waals surface area contributed by atoms with Crippen molar-refractivity contribution in [3.05, 3.63) is 118 Å². The monoisotopic (exact) mass is 554 g/mol. The van der Waals surface area contributed by atoms with Gasteiger partial charge in [0.05, 0.1) is 28.9 Å². The molecular weight excluding hydrogens is 528 g/mol. The number of aryl methyl sites for hydroxylation is 1. The Morgan fingerprint density at radius 1 is 1.07 bits per heavy atom. The minimum atomic E-state index is -0.572. The highest BCUT2D eigenvalue weighted by atomic mass is 16.2. The third-order valence-corrected chi connectivity index (χ3v) is 7.59. The standard InChI is InChI=1S/C32H26N8O2/c1-20(36-31(41)28-29(33)37-39-17-7-15-34-30(28)39)26-18-22-9-5-8-21(13-14-23-19-35-38-16-6-12-25(23)38)27(22)32(42)40(26)24-10-3-2-4-11-24/h2-5,7-11,15,17-20H,6,12,16H2,1H3,(H2,33,37)(H,36,41). The molecule has 1 aliphatic rings. The van der Waals surface area contributed by atoms with Crippen LogP contribution in [0.15, 0.2) is 84.0 Å². The van der Waals surface area contributed by atoms with Crippen molar-refractivity contribution in [2.45, 2.75) is 32.4 Å². The Bertz CT molecular complexity index is 2130. The van der Waals surface area contributed by atoms with Gasteiger partial charge >= 0.3 is 0 Å². The maximum Gasteiger partial charge on any atom is 0.264 e. The molecule has 3 N–H and O–H groups in total. The van der Waals surface area contributed by atoms with Crippen LogP contribution in [0.4, 0.5) is 5.82 Å². The summed E-state index contributed by atoms with van der Waals surface area (Å²) >= 11 is 0. The molecule has 0 spiro atoms. The van der Waals surface area contributed by atoms with Crippen LogP contribution in [0, 0.1) is 11.8 Å². The molecule has 1 unspecified atom stereocenters. The van der Waals surface area contributed by atoms with Gasteiger partial charge in [-0.25, -0.2) is 9.50 Å². The Balaban J connectivity index is 1.34. The molecule has 2 aromatic carbocycles. The number of benzene rings is 2. The largest absolute Gasteiger partial charge is 0.381 e. The van der Waals surface area contributed by atoms with E-state index in [1.165, 1.54) is 4.52 Å². The van der Waals surface area contributed by atoms with Crippen LogP contribution in [0.1, 0.15) is 52.3 Å². The molecule has 1 atom stereocenters. The molecule has 0 saturated carbocycles. The van der Waals surface area contributed by atoms with E-state index in [0.29, 0.717) is 28.0 Å². The molecule has 0 radical (unpaired) electrons. The van der Waals surface area contributed by atoms with Crippen molar-refractivity contribution >= 4 is 28.1 Å². The van der Waals surface area contributed by atoms with Crippen LogP contribution >= 0.6 is 0 Å². The SMILES string of the molecule is CC(NC(=O)c1c(N)nn2cccnc12)c1cc2cccc(C#Cc3cnn4c3CCC4)c2c(=O)n1-c1ccccc1. The number of nitrogens with one attached hydrogen (secondary N) is 1. The van der Waals surface area contributed by atoms with E-state index in [-0.39, 0.29) is 16.9 Å². The Labute approximate surface area is 240 Å². The Morgan fingerprint density at radius 2 is 1.90 bits per heavy atom. The van der Waals surface area contributed by atoms with Crippen molar-refractivity contribution in [3.8, 4) is 17.5 Å². The fraction of sp³-hybridized carbons (Fsp3) is 0.156. The number of hydrogen-bond acceptors (Lipinski definition) is 6. The third-order valence-electron chi connectivity index (χ3n) is 7.59. The van der Waals surface area contributed by atoms with Crippen LogP contribution in [0.2, 0.25) is 0 Å². The zero-order valence-corrected chi connectivity index (χ0v) is 22.8. The van der Waals surface area contributed by atoms with E-state index in [4.69, 9.17) is 5.73 Å². The second-order valence-corrected chi connectivity index (χ2v) is 10.2. The molecule has 10 nitrogen and oxygen atoms in total. The number of anilines is 1. The quantitative estimate of drug-likeness (QED) is 0.321. The van der Waals surface area contributed by atoms with Gasteiger partial charge in [0.1, 0.15) is 5.56 Å². The maximum absolute atomic E-state index is 14.3. The molecule has 5 heterocycles. The van der Waals surface area contributed by atoms with Gasteiger partial charge in [-0.3, -0.25) is 18.8 Å². The summed E-state index contributed by atoms with van der Waals surface area (Å²) < 4.78 is 5.09. The smallest absolute Gasteiger partial charge is 0.264 e. The number of carbonyl (C=O) groups is 1. The minimum absolute atomic E-state index is 0.0737. The van der Waals surface area contributed by atoms with Gasteiger partial charge < -0.3 is 11.1 Å². The number of rotatable bonds is 4. The third kappa shape index (κ3) is 4.19. The summed E-state index contributed by atoms with van der Waals surface area (Å²) in [7, 11) is 0. The molecule has 1 amide bonds. The molecular formula is C32H26N8O2. The summed E-state index contributed by atoms with van der Waals surface area (Å²) in [5.74, 6) is 6.14. The molecule has 10 heteroatoms. The van der Waals surface area contributed by atoms with Crippen molar-refractivity contribution in [2.75, 3.05) is 5.73 Å². The number of pyridine rings is 1. The number of para-hydroxylation sites is 1. The van der Waals surface area contributed by atoms with E-state index in [9.17, 15) is 9.59 Å². The van der Waals surface area contributed by atoms with Gasteiger partial charge in [-0.05, 0) is 55.5 Å². The van der Waals surface area contributed by atoms with Gasteiger partial charge in [0, 0.05) is 35.9 Å². The first-order chi connectivity index (χ1) is 20.5. The first-order valence-electron chi connectivity index (χ1n) is 13.7. The number of nitrogens with zero attached hydrogens (tertiary/aromatic N) is 6. The normalized spacial score (nSPS) is 13.1. The molecule has 6 aromatic rings. The van der Waals surface area contributed by atoms with Gasteiger partial charge in [-0.1, -0.05) is 42.2 Å². The lowest BCUT2D eigenvalue weighted by atomic mass is 10.0. The van der Waals surface area contributed by atoms with E-state index in [1.807, 2.05) is 66.2 Å². The molecule has 0 fully saturated rings. The predicted molar refractivity (Wildman–Crippen MR) is 159 cm³/mol. The van der Waals surface area contributed by atoms with E-state index in [1.54, 1.807) is 29.2 Å². The Hall–Kier alpha value is -5.69. The van der Waals surface area contributed by atoms with Gasteiger partial charge in [0.15, 0.2) is 11.5 Å². The number of nitrogens with two attached hydrogens (primary N) is 1. The summed E-state index contributed by atoms with van der Waals surface area (Å²) in [6, 6.07) is 18.1. The number of hydrogen-bond donors (Lipinski definition) is 2. The molecule has 0 bridgehead atoms. The van der Waals surface area contributed by atoms with E-state index in [2.05, 4.69) is 32.3 Å². The van der Waals surface area contributed by atoms with E-state index < -0.39 is 11.9 Å². The summed E-state index contributed by atoms with van der Waals surface area (Å²) in [6.07, 6.45) is 7.06. The average molecular weight is 555 g/mol. The van der Waals surface area contributed by atoms with Crippen molar-refractivity contribution in [3.63, 3.8) is 0 Å². The van der Waals surface area contributed by atoms with Crippen molar-refractivity contribution < 1.29 is 4.79 Å². The maximum atomic E-state index is 14.3. The first kappa shape index (κ1) is 25.3. The molecule has 1 aliphatic heterocycles. The van der Waals surface area contributed by atoms with Crippen LogP contribution in [0.5, 0.6) is 0 Å².